The van der Waals surface area contributed by atoms with E-state index in [0.29, 0.717) is 5.69 Å². The van der Waals surface area contributed by atoms with Crippen LogP contribution in [0.1, 0.15) is 24.2 Å². The number of carboxylic acid groups (broad SMARTS) is 1. The molecule has 5 heteroatoms. The Morgan fingerprint density at radius 2 is 2.12 bits per heavy atom. The van der Waals surface area contributed by atoms with Gasteiger partial charge >= 0.3 is 5.97 Å². The number of carboxylic acids is 1. The van der Waals surface area contributed by atoms with Crippen molar-refractivity contribution < 1.29 is 19.4 Å². The normalized spacial score (nSPS) is 14.1. The van der Waals surface area contributed by atoms with Crippen LogP contribution in [-0.2, 0) is 0 Å². The third kappa shape index (κ3) is 3.42. The Hall–Kier alpha value is -1.62. The van der Waals surface area contributed by atoms with Gasteiger partial charge < -0.3 is 15.5 Å². The Labute approximate surface area is 99.1 Å². The fourth-order valence-corrected chi connectivity index (χ4v) is 1.36. The van der Waals surface area contributed by atoms with Crippen molar-refractivity contribution in [2.45, 2.75) is 19.9 Å². The van der Waals surface area contributed by atoms with E-state index in [2.05, 4.69) is 5.32 Å². The van der Waals surface area contributed by atoms with Crippen LogP contribution in [0.3, 0.4) is 0 Å². The Morgan fingerprint density at radius 1 is 1.47 bits per heavy atom. The number of nitrogens with one attached hydrogen (secondary N) is 1. The highest BCUT2D eigenvalue weighted by atomic mass is 19.1. The minimum absolute atomic E-state index is 0.00222. The summed E-state index contributed by atoms with van der Waals surface area (Å²) in [5.41, 5.74) is 0.244. The first-order chi connectivity index (χ1) is 7.95. The highest BCUT2D eigenvalue weighted by Crippen LogP contribution is 2.19. The van der Waals surface area contributed by atoms with E-state index in [1.165, 1.54) is 12.1 Å². The van der Waals surface area contributed by atoms with Crippen LogP contribution < -0.4 is 5.32 Å². The number of aliphatic hydroxyl groups is 1. The average molecular weight is 241 g/mol. The molecule has 0 aliphatic rings. The molecule has 0 saturated carbocycles. The smallest absolute Gasteiger partial charge is 0.337 e. The standard InChI is InChI=1S/C12H16FNO3/c1-7(6-15)8(2)14-11-4-3-9(13)5-10(11)12(16)17/h3-5,7-8,14-15H,6H2,1-2H3,(H,16,17). The fourth-order valence-electron chi connectivity index (χ4n) is 1.36. The second-order valence-electron chi connectivity index (χ2n) is 4.09. The molecule has 0 heterocycles. The van der Waals surface area contributed by atoms with Crippen LogP contribution in [-0.4, -0.2) is 28.8 Å². The third-order valence-electron chi connectivity index (χ3n) is 2.74. The number of carbonyl (C=O) groups is 1. The maximum atomic E-state index is 12.9. The zero-order chi connectivity index (χ0) is 13.0. The molecule has 94 valence electrons. The van der Waals surface area contributed by atoms with Gasteiger partial charge in [-0.3, -0.25) is 0 Å². The van der Waals surface area contributed by atoms with Gasteiger partial charge in [0.25, 0.3) is 0 Å². The summed E-state index contributed by atoms with van der Waals surface area (Å²) >= 11 is 0. The van der Waals surface area contributed by atoms with Gasteiger partial charge in [0.05, 0.1) is 5.56 Å². The van der Waals surface area contributed by atoms with Crippen LogP contribution in [0.25, 0.3) is 0 Å². The van der Waals surface area contributed by atoms with E-state index >= 15 is 0 Å². The molecule has 0 aromatic heterocycles. The SMILES string of the molecule is CC(CO)C(C)Nc1ccc(F)cc1C(=O)O. The van der Waals surface area contributed by atoms with Gasteiger partial charge in [0.2, 0.25) is 0 Å². The van der Waals surface area contributed by atoms with Crippen LogP contribution in [0.4, 0.5) is 10.1 Å². The van der Waals surface area contributed by atoms with E-state index in [9.17, 15) is 9.18 Å². The predicted molar refractivity (Wildman–Crippen MR) is 62.7 cm³/mol. The fraction of sp³-hybridized carbons (Fsp3) is 0.417. The van der Waals surface area contributed by atoms with Gasteiger partial charge in [-0.15, -0.1) is 0 Å². The quantitative estimate of drug-likeness (QED) is 0.737. The molecule has 0 saturated heterocycles. The van der Waals surface area contributed by atoms with E-state index in [0.717, 1.165) is 6.07 Å². The molecule has 0 aliphatic heterocycles. The Balaban J connectivity index is 2.94. The monoisotopic (exact) mass is 241 g/mol. The van der Waals surface area contributed by atoms with Crippen LogP contribution >= 0.6 is 0 Å². The first-order valence-corrected chi connectivity index (χ1v) is 5.36. The van der Waals surface area contributed by atoms with E-state index in [1.807, 2.05) is 13.8 Å². The van der Waals surface area contributed by atoms with Gasteiger partial charge in [0, 0.05) is 18.3 Å². The number of hydrogen-bond donors (Lipinski definition) is 3. The molecule has 0 spiro atoms. The molecule has 0 fully saturated rings. The molecule has 0 aliphatic carbocycles. The first-order valence-electron chi connectivity index (χ1n) is 5.36. The van der Waals surface area contributed by atoms with Crippen LogP contribution in [0.5, 0.6) is 0 Å². The Morgan fingerprint density at radius 3 is 2.65 bits per heavy atom. The largest absolute Gasteiger partial charge is 0.478 e. The average Bonchev–Trinajstić information content (AvgIpc) is 2.29. The number of halogens is 1. The molecule has 1 aromatic carbocycles. The molecular formula is C12H16FNO3. The highest BCUT2D eigenvalue weighted by Gasteiger charge is 2.16. The van der Waals surface area contributed by atoms with Crippen LogP contribution in [0.15, 0.2) is 18.2 Å². The van der Waals surface area contributed by atoms with E-state index in [4.69, 9.17) is 10.2 Å². The molecule has 1 rings (SSSR count). The maximum Gasteiger partial charge on any atom is 0.337 e. The summed E-state index contributed by atoms with van der Waals surface area (Å²) in [5, 5.41) is 20.9. The summed E-state index contributed by atoms with van der Waals surface area (Å²) in [6, 6.07) is 3.45. The van der Waals surface area contributed by atoms with Gasteiger partial charge in [0.15, 0.2) is 0 Å². The lowest BCUT2D eigenvalue weighted by Crippen LogP contribution is -2.27. The van der Waals surface area contributed by atoms with E-state index in [1.54, 1.807) is 0 Å². The summed E-state index contributed by atoms with van der Waals surface area (Å²) in [5.74, 6) is -1.80. The molecule has 17 heavy (non-hydrogen) atoms. The molecule has 4 nitrogen and oxygen atoms in total. The van der Waals surface area contributed by atoms with E-state index in [-0.39, 0.29) is 24.1 Å². The summed E-state index contributed by atoms with van der Waals surface area (Å²) in [6.45, 7) is 3.66. The minimum Gasteiger partial charge on any atom is -0.478 e. The molecule has 0 amide bonds. The van der Waals surface area contributed by atoms with Gasteiger partial charge in [-0.05, 0) is 31.0 Å². The number of anilines is 1. The van der Waals surface area contributed by atoms with Gasteiger partial charge in [-0.1, -0.05) is 6.92 Å². The highest BCUT2D eigenvalue weighted by molar-refractivity contribution is 5.94. The molecule has 3 N–H and O–H groups in total. The second kappa shape index (κ2) is 5.63. The molecule has 2 unspecified atom stereocenters. The number of aliphatic hydroxyl groups excluding tert-OH is 1. The molecule has 0 bridgehead atoms. The van der Waals surface area contributed by atoms with Crippen molar-refractivity contribution in [2.24, 2.45) is 5.92 Å². The number of benzene rings is 1. The van der Waals surface area contributed by atoms with Crippen molar-refractivity contribution in [3.8, 4) is 0 Å². The predicted octanol–water partition coefficient (Wildman–Crippen LogP) is 1.95. The molecular weight excluding hydrogens is 225 g/mol. The molecule has 2 atom stereocenters. The third-order valence-corrected chi connectivity index (χ3v) is 2.74. The van der Waals surface area contributed by atoms with Crippen molar-refractivity contribution in [3.05, 3.63) is 29.6 Å². The lowest BCUT2D eigenvalue weighted by molar-refractivity contribution is 0.0697. The second-order valence-corrected chi connectivity index (χ2v) is 4.09. The lowest BCUT2D eigenvalue weighted by atomic mass is 10.0. The zero-order valence-corrected chi connectivity index (χ0v) is 9.77. The summed E-state index contributed by atoms with van der Waals surface area (Å²) in [4.78, 5) is 10.9. The van der Waals surface area contributed by atoms with Gasteiger partial charge in [0.1, 0.15) is 5.82 Å². The number of rotatable bonds is 5. The topological polar surface area (TPSA) is 69.6 Å². The maximum absolute atomic E-state index is 12.9. The van der Waals surface area contributed by atoms with Crippen LogP contribution in [0.2, 0.25) is 0 Å². The number of aromatic carboxylic acids is 1. The van der Waals surface area contributed by atoms with Crippen molar-refractivity contribution in [1.29, 1.82) is 0 Å². The van der Waals surface area contributed by atoms with Gasteiger partial charge in [-0.2, -0.15) is 0 Å². The first kappa shape index (κ1) is 13.4. The Kier molecular flexibility index (Phi) is 4.45. The van der Waals surface area contributed by atoms with E-state index < -0.39 is 11.8 Å². The summed E-state index contributed by atoms with van der Waals surface area (Å²) in [6.07, 6.45) is 0. The summed E-state index contributed by atoms with van der Waals surface area (Å²) < 4.78 is 12.9. The van der Waals surface area contributed by atoms with Crippen LogP contribution in [0, 0.1) is 11.7 Å². The summed E-state index contributed by atoms with van der Waals surface area (Å²) in [7, 11) is 0. The van der Waals surface area contributed by atoms with Crippen molar-refractivity contribution >= 4 is 11.7 Å². The van der Waals surface area contributed by atoms with Crippen molar-refractivity contribution in [3.63, 3.8) is 0 Å². The van der Waals surface area contributed by atoms with Gasteiger partial charge in [-0.25, -0.2) is 9.18 Å². The van der Waals surface area contributed by atoms with Crippen molar-refractivity contribution in [2.75, 3.05) is 11.9 Å². The molecule has 0 radical (unpaired) electrons. The minimum atomic E-state index is -1.18. The zero-order valence-electron chi connectivity index (χ0n) is 9.77. The lowest BCUT2D eigenvalue weighted by Gasteiger charge is -2.21. The Bertz CT molecular complexity index is 409. The number of hydrogen-bond acceptors (Lipinski definition) is 3. The molecule has 1 aromatic rings. The van der Waals surface area contributed by atoms with Crippen molar-refractivity contribution in [1.82, 2.24) is 0 Å².